The van der Waals surface area contributed by atoms with Crippen LogP contribution in [0, 0.1) is 11.7 Å². The summed E-state index contributed by atoms with van der Waals surface area (Å²) in [6.45, 7) is 2.90. The van der Waals surface area contributed by atoms with E-state index in [9.17, 15) is 14.0 Å². The molecule has 3 aliphatic rings. The summed E-state index contributed by atoms with van der Waals surface area (Å²) in [7, 11) is 0. The lowest BCUT2D eigenvalue weighted by Gasteiger charge is -2.51. The molecule has 5 nitrogen and oxygen atoms in total. The van der Waals surface area contributed by atoms with E-state index < -0.39 is 17.8 Å². The Balaban J connectivity index is 0.00000304. The summed E-state index contributed by atoms with van der Waals surface area (Å²) in [5.41, 5.74) is 1.99. The number of Topliss-reactive ketones (excluding diaryl/α,β-unsaturated/α-hetero) is 1. The highest BCUT2D eigenvalue weighted by molar-refractivity contribution is 5.97. The first-order valence-corrected chi connectivity index (χ1v) is 12.2. The largest absolute Gasteiger partial charge is 1.00 e. The van der Waals surface area contributed by atoms with E-state index in [-0.39, 0.29) is 34.8 Å². The highest BCUT2D eigenvalue weighted by Crippen LogP contribution is 2.36. The van der Waals surface area contributed by atoms with Crippen LogP contribution in [-0.2, 0) is 9.53 Å². The lowest BCUT2D eigenvalue weighted by Crippen LogP contribution is -3.00. The number of halogens is 2. The van der Waals surface area contributed by atoms with E-state index in [2.05, 4.69) is 5.32 Å². The molecule has 3 fully saturated rings. The number of nitrogens with one attached hydrogen (secondary N) is 1. The normalized spacial score (nSPS) is 23.2. The molecule has 0 aliphatic carbocycles. The van der Waals surface area contributed by atoms with Crippen molar-refractivity contribution in [3.63, 3.8) is 0 Å². The number of piperidine rings is 3. The van der Waals surface area contributed by atoms with Crippen molar-refractivity contribution in [2.24, 2.45) is 5.92 Å². The van der Waals surface area contributed by atoms with Crippen molar-refractivity contribution in [2.75, 3.05) is 31.5 Å². The number of quaternary nitrogens is 1. The number of fused-ring (bicyclic) bond motifs is 3. The van der Waals surface area contributed by atoms with Gasteiger partial charge < -0.3 is 31.5 Å². The Kier molecular flexibility index (Phi) is 8.21. The third-order valence-electron chi connectivity index (χ3n) is 7.39. The smallest absolute Gasteiger partial charge is 0.333 e. The number of esters is 1. The van der Waals surface area contributed by atoms with Gasteiger partial charge in [-0.05, 0) is 29.8 Å². The van der Waals surface area contributed by atoms with Gasteiger partial charge >= 0.3 is 5.97 Å². The summed E-state index contributed by atoms with van der Waals surface area (Å²) < 4.78 is 20.8. The first-order valence-electron chi connectivity index (χ1n) is 12.2. The van der Waals surface area contributed by atoms with E-state index in [1.165, 1.54) is 12.1 Å². The Labute approximate surface area is 221 Å². The summed E-state index contributed by atoms with van der Waals surface area (Å²) in [5.74, 6) is -0.414. The van der Waals surface area contributed by atoms with Crippen LogP contribution in [0.15, 0.2) is 84.9 Å². The molecule has 1 N–H and O–H groups in total. The summed E-state index contributed by atoms with van der Waals surface area (Å²) in [4.78, 5) is 26.5. The monoisotopic (exact) mass is 552 g/mol. The number of hydrogen-bond acceptors (Lipinski definition) is 4. The molecule has 3 aromatic rings. The van der Waals surface area contributed by atoms with Gasteiger partial charge in [0.1, 0.15) is 18.9 Å². The molecule has 3 aliphatic heterocycles. The zero-order valence-electron chi connectivity index (χ0n) is 20.0. The van der Waals surface area contributed by atoms with Gasteiger partial charge in [0.25, 0.3) is 0 Å². The van der Waals surface area contributed by atoms with Crippen molar-refractivity contribution in [2.45, 2.75) is 25.0 Å². The number of ether oxygens (including phenoxy) is 1. The lowest BCUT2D eigenvalue weighted by atomic mass is 9.82. The molecule has 0 amide bonds. The van der Waals surface area contributed by atoms with E-state index in [1.807, 2.05) is 60.7 Å². The molecule has 3 saturated heterocycles. The van der Waals surface area contributed by atoms with E-state index in [4.69, 9.17) is 4.74 Å². The van der Waals surface area contributed by atoms with Gasteiger partial charge in [0.2, 0.25) is 5.78 Å². The number of carbonyl (C=O) groups is 2. The van der Waals surface area contributed by atoms with Crippen LogP contribution in [0.1, 0.15) is 34.8 Å². The molecule has 7 heteroatoms. The molecule has 188 valence electrons. The summed E-state index contributed by atoms with van der Waals surface area (Å²) in [5, 5.41) is 3.22. The fourth-order valence-corrected chi connectivity index (χ4v) is 5.48. The first kappa shape index (κ1) is 26.0. The highest BCUT2D eigenvalue weighted by Gasteiger charge is 2.49. The SMILES string of the molecule is O=C(C[N+]12CCC(CC1)[C@@H](OC(=O)C(Nc1ccccc1)c1cccc(F)c1)C2)c1ccccc1.[Br-]. The summed E-state index contributed by atoms with van der Waals surface area (Å²) >= 11 is 0. The maximum Gasteiger partial charge on any atom is 0.333 e. The third-order valence-corrected chi connectivity index (χ3v) is 7.39. The predicted octanol–water partition coefficient (Wildman–Crippen LogP) is 2.02. The highest BCUT2D eigenvalue weighted by atomic mass is 79.9. The molecule has 2 bridgehead atoms. The molecule has 6 rings (SSSR count). The second-order valence-corrected chi connectivity index (χ2v) is 9.73. The number of benzene rings is 3. The van der Waals surface area contributed by atoms with Gasteiger partial charge in [-0.2, -0.15) is 0 Å². The zero-order chi connectivity index (χ0) is 24.3. The second-order valence-electron chi connectivity index (χ2n) is 9.73. The van der Waals surface area contributed by atoms with Crippen molar-refractivity contribution < 1.29 is 40.2 Å². The summed E-state index contributed by atoms with van der Waals surface area (Å²) in [6, 6.07) is 24.0. The van der Waals surface area contributed by atoms with Crippen LogP contribution in [0.25, 0.3) is 0 Å². The van der Waals surface area contributed by atoms with Crippen LogP contribution < -0.4 is 22.3 Å². The van der Waals surface area contributed by atoms with Crippen molar-refractivity contribution in [1.29, 1.82) is 0 Å². The average molecular weight is 553 g/mol. The number of anilines is 1. The molecule has 2 atom stereocenters. The van der Waals surface area contributed by atoms with E-state index in [0.717, 1.165) is 37.2 Å². The molecule has 3 aromatic carbocycles. The average Bonchev–Trinajstić information content (AvgIpc) is 2.89. The number of ketones is 1. The van der Waals surface area contributed by atoms with Crippen molar-refractivity contribution in [1.82, 2.24) is 0 Å². The van der Waals surface area contributed by atoms with Gasteiger partial charge in [0, 0.05) is 30.0 Å². The fraction of sp³-hybridized carbons (Fsp3) is 0.310. The molecule has 1 unspecified atom stereocenters. The number of rotatable bonds is 8. The molecule has 0 aromatic heterocycles. The van der Waals surface area contributed by atoms with E-state index >= 15 is 0 Å². The predicted molar refractivity (Wildman–Crippen MR) is 132 cm³/mol. The minimum absolute atomic E-state index is 0. The lowest BCUT2D eigenvalue weighted by molar-refractivity contribution is -0.938. The number of hydrogen-bond donors (Lipinski definition) is 1. The molecule has 0 spiro atoms. The van der Waals surface area contributed by atoms with Crippen molar-refractivity contribution in [3.05, 3.63) is 102 Å². The zero-order valence-corrected chi connectivity index (χ0v) is 21.6. The van der Waals surface area contributed by atoms with Gasteiger partial charge in [-0.25, -0.2) is 9.18 Å². The van der Waals surface area contributed by atoms with Crippen LogP contribution >= 0.6 is 0 Å². The third kappa shape index (κ3) is 5.85. The molecule has 3 heterocycles. The Hall–Kier alpha value is -3.03. The van der Waals surface area contributed by atoms with Crippen LogP contribution in [-0.4, -0.2) is 48.5 Å². The quantitative estimate of drug-likeness (QED) is 0.264. The van der Waals surface area contributed by atoms with Gasteiger partial charge in [-0.3, -0.25) is 4.79 Å². The van der Waals surface area contributed by atoms with Crippen molar-refractivity contribution in [3.8, 4) is 0 Å². The first-order chi connectivity index (χ1) is 17.0. The van der Waals surface area contributed by atoms with Crippen LogP contribution in [0.2, 0.25) is 0 Å². The standard InChI is InChI=1S/C29H30FN2O3.BrH/c30-24-11-7-10-23(18-24)28(31-25-12-5-2-6-13-25)29(34)35-27-20-32(16-14-22(27)15-17-32)19-26(33)21-8-3-1-4-9-21;/h1-13,18,22,27-28,31H,14-17,19-20H2;1H/q+1;/p-1/t22?,27-,28?,32?;/m0./s1. The van der Waals surface area contributed by atoms with Crippen molar-refractivity contribution >= 4 is 17.4 Å². The maximum atomic E-state index is 14.0. The Morgan fingerprint density at radius 1 is 0.944 bits per heavy atom. The minimum atomic E-state index is -0.831. The topological polar surface area (TPSA) is 55.4 Å². The van der Waals surface area contributed by atoms with Crippen LogP contribution in [0.5, 0.6) is 0 Å². The minimum Gasteiger partial charge on any atom is -1.00 e. The summed E-state index contributed by atoms with van der Waals surface area (Å²) in [6.07, 6.45) is 1.59. The van der Waals surface area contributed by atoms with Crippen LogP contribution in [0.3, 0.4) is 0 Å². The molecule has 36 heavy (non-hydrogen) atoms. The Morgan fingerprint density at radius 2 is 1.61 bits per heavy atom. The van der Waals surface area contributed by atoms with E-state index in [0.29, 0.717) is 23.1 Å². The molecular weight excluding hydrogens is 523 g/mol. The fourth-order valence-electron chi connectivity index (χ4n) is 5.48. The van der Waals surface area contributed by atoms with Gasteiger partial charge in [-0.15, -0.1) is 0 Å². The van der Waals surface area contributed by atoms with Gasteiger partial charge in [0.15, 0.2) is 12.1 Å². The van der Waals surface area contributed by atoms with Gasteiger partial charge in [0.05, 0.1) is 13.1 Å². The van der Waals surface area contributed by atoms with Crippen LogP contribution in [0.4, 0.5) is 10.1 Å². The van der Waals surface area contributed by atoms with E-state index in [1.54, 1.807) is 12.1 Å². The Morgan fingerprint density at radius 3 is 2.28 bits per heavy atom. The van der Waals surface area contributed by atoms with Gasteiger partial charge in [-0.1, -0.05) is 60.7 Å². The maximum absolute atomic E-state index is 14.0. The number of nitrogens with zero attached hydrogens (tertiary/aromatic N) is 1. The molecular formula is C29H30BrFN2O3. The second kappa shape index (κ2) is 11.4. The number of para-hydroxylation sites is 1. The molecule has 0 radical (unpaired) electrons. The molecule has 0 saturated carbocycles. The Bertz CT molecular complexity index is 1180. The number of carbonyl (C=O) groups excluding carboxylic acids is 2.